The Kier molecular flexibility index (Phi) is 19.6. The highest BCUT2D eigenvalue weighted by molar-refractivity contribution is 9.11. The number of pyridine rings is 5. The van der Waals surface area contributed by atoms with Gasteiger partial charge in [0.2, 0.25) is 0 Å². The molecule has 0 saturated carbocycles. The fourth-order valence-electron chi connectivity index (χ4n) is 23.7. The van der Waals surface area contributed by atoms with Crippen LogP contribution < -0.4 is 16.4 Å². The topological polar surface area (TPSA) is 186 Å². The largest absolute Gasteiger partial charge is 0.313 e. The third-order valence-electron chi connectivity index (χ3n) is 29.4. The summed E-state index contributed by atoms with van der Waals surface area (Å²) in [5.41, 5.74) is 39.5. The predicted molar refractivity (Wildman–Crippen MR) is 608 cm³/mol. The van der Waals surface area contributed by atoms with Gasteiger partial charge in [-0.15, -0.1) is 0 Å². The SMILES string of the molecule is Brc1cc(Br)cc(-c2ncccn2)c1.c1ccc(-n2c3c(c4ccccc42)-c2ncccc2C3)cc1.c1ccc(-n2c3ccccc3c3c4nccc5c4n(c32)-c2cc(-c3ncccn3)cc3c2B5c2ccnc4c5c6ccccc6n(-c6ccccc6)c5n-3c24)cc1.c1ccc(-n2c3ccccc3c3c4ncccc4n(-c4cc(-c5ncccn5)cc(-n5c6cccnc6c6c7ccccc7n(-c7ccccc7)c65)c4)c32)cc1. The van der Waals surface area contributed by atoms with E-state index in [-0.39, 0.29) is 6.71 Å². The molecule has 0 unspecified atom stereocenters. The summed E-state index contributed by atoms with van der Waals surface area (Å²) in [5, 5.41) is 10.4. The summed E-state index contributed by atoms with van der Waals surface area (Å²) in [5.74, 6) is 2.04. The Morgan fingerprint density at radius 3 is 0.926 bits per heavy atom. The molecule has 2 aliphatic heterocycles. The van der Waals surface area contributed by atoms with Crippen LogP contribution in [0.15, 0.2) is 465 Å². The molecular formula is C126H77BBr2N20. The maximum absolute atomic E-state index is 5.21. The van der Waals surface area contributed by atoms with Gasteiger partial charge < -0.3 is 4.57 Å². The third-order valence-corrected chi connectivity index (χ3v) is 30.3. The molecule has 13 aromatic carbocycles. The van der Waals surface area contributed by atoms with E-state index < -0.39 is 0 Å². The Hall–Kier alpha value is -19.2. The van der Waals surface area contributed by atoms with Crippen LogP contribution in [0.25, 0.3) is 239 Å². The minimum absolute atomic E-state index is 0.0670. The zero-order valence-electron chi connectivity index (χ0n) is 79.3. The van der Waals surface area contributed by atoms with Crippen LogP contribution in [0.5, 0.6) is 0 Å². The second-order valence-corrected chi connectivity index (χ2v) is 39.3. The number of fused-ring (bicyclic) bond motifs is 29. The molecule has 20 nitrogen and oxygen atoms in total. The van der Waals surface area contributed by atoms with Crippen molar-refractivity contribution in [1.29, 1.82) is 0 Å². The van der Waals surface area contributed by atoms with E-state index in [4.69, 9.17) is 39.9 Å². The fourth-order valence-corrected chi connectivity index (χ4v) is 25.0. The quantitative estimate of drug-likeness (QED) is 0.119. The average molecular weight is 2040 g/mol. The first-order chi connectivity index (χ1) is 73.9. The van der Waals surface area contributed by atoms with Gasteiger partial charge in [0, 0.05) is 178 Å². The lowest BCUT2D eigenvalue weighted by Crippen LogP contribution is -2.59. The molecule has 0 spiro atoms. The number of hydrogen-bond donors (Lipinski definition) is 0. The van der Waals surface area contributed by atoms with Gasteiger partial charge in [0.15, 0.2) is 17.5 Å². The number of halogens is 2. The molecule has 0 saturated heterocycles. The fraction of sp³-hybridized carbons (Fsp3) is 0.00794. The number of benzene rings is 13. The van der Waals surface area contributed by atoms with E-state index in [9.17, 15) is 0 Å². The van der Waals surface area contributed by atoms with E-state index >= 15 is 0 Å². The molecule has 19 heterocycles. The van der Waals surface area contributed by atoms with Crippen molar-refractivity contribution in [2.45, 2.75) is 6.42 Å². The van der Waals surface area contributed by atoms with Gasteiger partial charge in [0.05, 0.1) is 110 Å². The molecule has 149 heavy (non-hydrogen) atoms. The molecule has 17 aromatic heterocycles. The van der Waals surface area contributed by atoms with Crippen LogP contribution in [0.2, 0.25) is 0 Å². The normalized spacial score (nSPS) is 12.2. The van der Waals surface area contributed by atoms with Gasteiger partial charge in [0.1, 0.15) is 22.6 Å². The van der Waals surface area contributed by atoms with Crippen LogP contribution in [0, 0.1) is 0 Å². The number of para-hydroxylation sites is 10. The Bertz CT molecular complexity index is 10200. The molecule has 0 bridgehead atoms. The number of hydrogen-bond acceptors (Lipinski definition) is 11. The van der Waals surface area contributed by atoms with Crippen molar-refractivity contribution in [1.82, 2.24) is 95.9 Å². The highest BCUT2D eigenvalue weighted by Gasteiger charge is 2.44. The minimum Gasteiger partial charge on any atom is -0.313 e. The van der Waals surface area contributed by atoms with E-state index in [1.165, 1.54) is 60.6 Å². The van der Waals surface area contributed by atoms with Crippen molar-refractivity contribution in [3.05, 3.63) is 477 Å². The van der Waals surface area contributed by atoms with Gasteiger partial charge in [-0.3, -0.25) is 61.5 Å². The molecule has 0 N–H and O–H groups in total. The Labute approximate surface area is 866 Å². The van der Waals surface area contributed by atoms with Gasteiger partial charge >= 0.3 is 0 Å². The highest BCUT2D eigenvalue weighted by atomic mass is 79.9. The standard InChI is InChI=1S/C48H27BN8.C48H30N8.C20H14N2.C10H6Br2N2/c1-3-12-29(13-4-1)54-35-18-9-7-16-31(35)39-42-44-33(20-24-50-42)49-34-21-25-51-43-40-32-17-8-10-19-36(32)55(30-14-5-2-6-15-30)48(40)57(45(34)43)38-27-28(46-52-22-11-23-53-46)26-37(41(38)49)56(44)47(39)54;1-3-14-32(15-4-1)53-38-20-9-7-18-36(38)42-44-40(22-11-24-49-44)55(47(42)53)34-28-31(46-51-26-13-27-52-46)29-35(30-34)56-41-23-12-25-50-45(41)43-37-19-8-10-21-39(37)54(48(43)56)33-16-5-2-6-17-33;1-2-8-15(9-3-1)22-17-11-5-4-10-16(17)19-18(22)13-14-7-6-12-21-20(14)19;11-8-4-7(5-9(12)6-8)10-13-2-1-3-14-10/h1-27H;1-30H;1-12H,13H2;1-6H. The number of rotatable bonds is 10. The van der Waals surface area contributed by atoms with E-state index in [1.54, 1.807) is 30.9 Å². The first-order valence-corrected chi connectivity index (χ1v) is 51.0. The van der Waals surface area contributed by atoms with Gasteiger partial charge in [-0.25, -0.2) is 29.9 Å². The molecule has 1 aliphatic carbocycles. The van der Waals surface area contributed by atoms with Gasteiger partial charge in [-0.1, -0.05) is 220 Å². The zero-order valence-corrected chi connectivity index (χ0v) is 82.5. The summed E-state index contributed by atoms with van der Waals surface area (Å²) in [6.07, 6.45) is 21.3. The van der Waals surface area contributed by atoms with Crippen molar-refractivity contribution >= 4 is 198 Å². The smallest absolute Gasteiger partial charge is 0.252 e. The minimum atomic E-state index is -0.0670. The molecule has 698 valence electrons. The lowest BCUT2D eigenvalue weighted by Gasteiger charge is -2.34. The van der Waals surface area contributed by atoms with Gasteiger partial charge in [-0.2, -0.15) is 0 Å². The van der Waals surface area contributed by atoms with E-state index in [0.717, 1.165) is 210 Å². The average Bonchev–Trinajstić information content (AvgIpc) is 1.50. The molecule has 0 radical (unpaired) electrons. The monoisotopic (exact) mass is 2040 g/mol. The summed E-state index contributed by atoms with van der Waals surface area (Å²) in [4.78, 5) is 52.7. The lowest BCUT2D eigenvalue weighted by atomic mass is 9.34. The van der Waals surface area contributed by atoms with Crippen LogP contribution in [0.3, 0.4) is 0 Å². The maximum atomic E-state index is 5.21. The van der Waals surface area contributed by atoms with Crippen molar-refractivity contribution < 1.29 is 0 Å². The van der Waals surface area contributed by atoms with E-state index in [0.29, 0.717) is 11.6 Å². The summed E-state index contributed by atoms with van der Waals surface area (Å²) in [6, 6.07) is 136. The van der Waals surface area contributed by atoms with Crippen LogP contribution >= 0.6 is 31.9 Å². The molecule has 33 rings (SSSR count). The molecule has 0 fully saturated rings. The van der Waals surface area contributed by atoms with Gasteiger partial charge in [-0.05, 0) is 222 Å². The molecule has 0 amide bonds. The van der Waals surface area contributed by atoms with Crippen LogP contribution in [0.1, 0.15) is 11.3 Å². The first kappa shape index (κ1) is 85.4. The van der Waals surface area contributed by atoms with Crippen LogP contribution in [-0.4, -0.2) is 103 Å². The third kappa shape index (κ3) is 13.1. The highest BCUT2D eigenvalue weighted by Crippen LogP contribution is 2.50. The zero-order chi connectivity index (χ0) is 98.2. The Morgan fingerprint density at radius 2 is 0.523 bits per heavy atom. The summed E-state index contributed by atoms with van der Waals surface area (Å²) in [7, 11) is 0. The molecule has 23 heteroatoms. The summed E-state index contributed by atoms with van der Waals surface area (Å²) in [6.45, 7) is -0.0670. The van der Waals surface area contributed by atoms with Crippen molar-refractivity contribution in [3.8, 4) is 96.6 Å². The summed E-state index contributed by atoms with van der Waals surface area (Å²) >= 11 is 6.85. The van der Waals surface area contributed by atoms with Crippen LogP contribution in [-0.2, 0) is 6.42 Å². The molecule has 30 aromatic rings. The molecular weight excluding hydrogens is 1960 g/mol. The summed E-state index contributed by atoms with van der Waals surface area (Å²) < 4.78 is 23.6. The first-order valence-electron chi connectivity index (χ1n) is 49.5. The van der Waals surface area contributed by atoms with Gasteiger partial charge in [0.25, 0.3) is 6.71 Å². The number of nitrogens with zero attached hydrogens (tertiary/aromatic N) is 20. The van der Waals surface area contributed by atoms with E-state index in [1.807, 2.05) is 91.9 Å². The molecule has 3 aliphatic rings. The molecule has 0 atom stereocenters. The second kappa shape index (κ2) is 34.2. The second-order valence-electron chi connectivity index (χ2n) is 37.5. The maximum Gasteiger partial charge on any atom is 0.252 e. The predicted octanol–water partition coefficient (Wildman–Crippen LogP) is 27.4. The van der Waals surface area contributed by atoms with Crippen molar-refractivity contribution in [3.63, 3.8) is 0 Å². The van der Waals surface area contributed by atoms with Crippen LogP contribution in [0.4, 0.5) is 0 Å². The lowest BCUT2D eigenvalue weighted by molar-refractivity contribution is 1.01. The van der Waals surface area contributed by atoms with Crippen molar-refractivity contribution in [2.75, 3.05) is 0 Å². The van der Waals surface area contributed by atoms with Crippen molar-refractivity contribution in [2.24, 2.45) is 0 Å². The number of aromatic nitrogens is 20. The Balaban J connectivity index is 0.000000103. The van der Waals surface area contributed by atoms with E-state index in [2.05, 4.69) is 422 Å². The Morgan fingerprint density at radius 1 is 0.221 bits per heavy atom.